The number of carbonyl (C=O) groups excluding carboxylic acids is 1. The lowest BCUT2D eigenvalue weighted by molar-refractivity contribution is 0.00720. The fraction of sp³-hybridized carbons (Fsp3) is 0.452. The van der Waals surface area contributed by atoms with Gasteiger partial charge in [0, 0.05) is 43.4 Å². The number of pyridine rings is 2. The number of carbonyl (C=O) groups is 1. The van der Waals surface area contributed by atoms with E-state index in [9.17, 15) is 14.3 Å². The van der Waals surface area contributed by atoms with Gasteiger partial charge in [-0.05, 0) is 50.2 Å². The fourth-order valence-electron chi connectivity index (χ4n) is 6.31. The van der Waals surface area contributed by atoms with Gasteiger partial charge in [-0.2, -0.15) is 0 Å². The van der Waals surface area contributed by atoms with Crippen molar-refractivity contribution in [2.24, 2.45) is 11.7 Å². The Morgan fingerprint density at radius 1 is 1.16 bits per heavy atom. The number of aromatic nitrogens is 2. The smallest absolute Gasteiger partial charge is 0.274 e. The maximum absolute atomic E-state index is 15.2. The third-order valence-electron chi connectivity index (χ3n) is 8.18. The van der Waals surface area contributed by atoms with Gasteiger partial charge in [-0.15, -0.1) is 0 Å². The van der Waals surface area contributed by atoms with E-state index in [1.54, 1.807) is 0 Å². The minimum Gasteiger partial charge on any atom is -0.488 e. The van der Waals surface area contributed by atoms with E-state index < -0.39 is 40.7 Å². The second kappa shape index (κ2) is 12.1. The average Bonchev–Trinajstić information content (AvgIpc) is 3.33. The van der Waals surface area contributed by atoms with Gasteiger partial charge in [-0.25, -0.2) is 18.2 Å². The van der Waals surface area contributed by atoms with Gasteiger partial charge in [0.05, 0.1) is 41.5 Å². The van der Waals surface area contributed by atoms with Crippen LogP contribution in [0.1, 0.15) is 60.5 Å². The van der Waals surface area contributed by atoms with Gasteiger partial charge < -0.3 is 30.5 Å². The zero-order chi connectivity index (χ0) is 30.2. The molecule has 228 valence electrons. The van der Waals surface area contributed by atoms with Crippen LogP contribution >= 0.6 is 0 Å². The van der Waals surface area contributed by atoms with Crippen molar-refractivity contribution in [3.8, 4) is 17.0 Å². The third-order valence-corrected chi connectivity index (χ3v) is 8.18. The summed E-state index contributed by atoms with van der Waals surface area (Å²) in [5.74, 6) is -3.59. The summed E-state index contributed by atoms with van der Waals surface area (Å²) in [5.41, 5.74) is 7.26. The van der Waals surface area contributed by atoms with Crippen molar-refractivity contribution >= 4 is 17.3 Å². The van der Waals surface area contributed by atoms with Gasteiger partial charge in [0.1, 0.15) is 40.7 Å². The minimum atomic E-state index is -1.07. The number of aliphatic hydroxyl groups excluding tert-OH is 1. The Bertz CT molecular complexity index is 1500. The first-order valence-electron chi connectivity index (χ1n) is 14.6. The molecule has 3 aliphatic rings. The summed E-state index contributed by atoms with van der Waals surface area (Å²) in [7, 11) is 0. The standard InChI is InChI=1S/C31H34F3N5O4/c1-16-9-17(35)14-39(13-16)30-20-4-7-26(40)28(20)36-12-25(30)38-31(41)24-6-5-21(32)29(37-24)27-22(33)10-19(11-23(27)34)43-18-3-2-8-42-15-18/h5-6,10-12,16-18,26,40H,2-4,7-9,13-15,35H2,1H3,(H,38,41). The molecule has 0 spiro atoms. The Labute approximate surface area is 247 Å². The number of amides is 1. The molecule has 0 bridgehead atoms. The van der Waals surface area contributed by atoms with Gasteiger partial charge in [0.2, 0.25) is 0 Å². The number of nitrogens with zero attached hydrogens (tertiary/aromatic N) is 3. The molecule has 4 N–H and O–H groups in total. The third kappa shape index (κ3) is 6.04. The number of piperidine rings is 1. The monoisotopic (exact) mass is 597 g/mol. The zero-order valence-electron chi connectivity index (χ0n) is 23.8. The normalized spacial score (nSPS) is 23.6. The van der Waals surface area contributed by atoms with Crippen molar-refractivity contribution in [3.63, 3.8) is 0 Å². The van der Waals surface area contributed by atoms with Crippen molar-refractivity contribution in [2.75, 3.05) is 36.5 Å². The van der Waals surface area contributed by atoms with E-state index in [2.05, 4.69) is 27.1 Å². The molecule has 0 saturated carbocycles. The van der Waals surface area contributed by atoms with Crippen LogP contribution in [-0.4, -0.2) is 59.4 Å². The van der Waals surface area contributed by atoms with Crippen LogP contribution in [0.2, 0.25) is 0 Å². The summed E-state index contributed by atoms with van der Waals surface area (Å²) in [6.45, 7) is 4.28. The number of aliphatic hydroxyl groups is 1. The number of benzene rings is 1. The van der Waals surface area contributed by atoms with Crippen LogP contribution in [0.15, 0.2) is 30.5 Å². The Balaban J connectivity index is 1.29. The van der Waals surface area contributed by atoms with Crippen LogP contribution in [-0.2, 0) is 11.2 Å². The van der Waals surface area contributed by atoms with E-state index in [0.717, 1.165) is 48.4 Å². The first kappa shape index (κ1) is 29.3. The molecular formula is C31H34F3N5O4. The molecule has 12 heteroatoms. The maximum atomic E-state index is 15.2. The number of hydrogen-bond donors (Lipinski definition) is 3. The lowest BCUT2D eigenvalue weighted by Crippen LogP contribution is -2.47. The topological polar surface area (TPSA) is 123 Å². The summed E-state index contributed by atoms with van der Waals surface area (Å²) in [4.78, 5) is 24.0. The molecule has 2 aromatic heterocycles. The van der Waals surface area contributed by atoms with Crippen LogP contribution in [0.25, 0.3) is 11.3 Å². The second-order valence-corrected chi connectivity index (χ2v) is 11.6. The predicted molar refractivity (Wildman–Crippen MR) is 153 cm³/mol. The number of hydrogen-bond acceptors (Lipinski definition) is 8. The lowest BCUT2D eigenvalue weighted by atomic mass is 9.95. The number of halogens is 3. The van der Waals surface area contributed by atoms with Crippen molar-refractivity contribution < 1.29 is 32.5 Å². The van der Waals surface area contributed by atoms with Gasteiger partial charge in [-0.1, -0.05) is 6.92 Å². The molecule has 1 amide bonds. The second-order valence-electron chi connectivity index (χ2n) is 11.6. The van der Waals surface area contributed by atoms with Crippen molar-refractivity contribution in [1.29, 1.82) is 0 Å². The molecule has 9 nitrogen and oxygen atoms in total. The predicted octanol–water partition coefficient (Wildman–Crippen LogP) is 4.52. The van der Waals surface area contributed by atoms with Crippen LogP contribution in [0.3, 0.4) is 0 Å². The number of nitrogens with two attached hydrogens (primary N) is 1. The molecule has 1 aromatic carbocycles. The first-order valence-corrected chi connectivity index (χ1v) is 14.6. The maximum Gasteiger partial charge on any atom is 0.274 e. The minimum absolute atomic E-state index is 0.0444. The molecule has 0 radical (unpaired) electrons. The van der Waals surface area contributed by atoms with Gasteiger partial charge in [0.15, 0.2) is 0 Å². The quantitative estimate of drug-likeness (QED) is 0.379. The highest BCUT2D eigenvalue weighted by Crippen LogP contribution is 2.42. The van der Waals surface area contributed by atoms with Crippen molar-refractivity contribution in [2.45, 2.75) is 57.3 Å². The van der Waals surface area contributed by atoms with Gasteiger partial charge in [-0.3, -0.25) is 9.78 Å². The number of rotatable bonds is 6. The molecule has 1 aliphatic carbocycles. The van der Waals surface area contributed by atoms with Crippen molar-refractivity contribution in [1.82, 2.24) is 9.97 Å². The largest absolute Gasteiger partial charge is 0.488 e. The summed E-state index contributed by atoms with van der Waals surface area (Å²) in [5, 5.41) is 13.3. The number of anilines is 2. The van der Waals surface area contributed by atoms with Crippen LogP contribution in [0.4, 0.5) is 24.5 Å². The SMILES string of the molecule is CC1CC(N)CN(c2c(NC(=O)c3ccc(F)c(-c4c(F)cc(OC5CCCOC5)cc4F)n3)cnc3c2CCC3O)C1. The highest BCUT2D eigenvalue weighted by Gasteiger charge is 2.32. The fourth-order valence-corrected chi connectivity index (χ4v) is 6.31. The molecule has 2 fully saturated rings. The van der Waals surface area contributed by atoms with Crippen LogP contribution < -0.4 is 20.7 Å². The Morgan fingerprint density at radius 2 is 1.95 bits per heavy atom. The number of fused-ring (bicyclic) bond motifs is 1. The molecule has 6 rings (SSSR count). The first-order chi connectivity index (χ1) is 20.7. The van der Waals surface area contributed by atoms with Crippen LogP contribution in [0, 0.1) is 23.4 Å². The zero-order valence-corrected chi connectivity index (χ0v) is 23.8. The molecule has 2 saturated heterocycles. The molecule has 4 unspecified atom stereocenters. The van der Waals surface area contributed by atoms with E-state index in [1.807, 2.05) is 0 Å². The summed E-state index contributed by atoms with van der Waals surface area (Å²) in [6.07, 6.45) is 3.85. The van der Waals surface area contributed by atoms with E-state index in [-0.39, 0.29) is 23.6 Å². The molecule has 3 aromatic rings. The van der Waals surface area contributed by atoms with E-state index in [4.69, 9.17) is 15.2 Å². The molecule has 43 heavy (non-hydrogen) atoms. The van der Waals surface area contributed by atoms with E-state index in [1.165, 1.54) is 6.20 Å². The Hall–Kier alpha value is -3.74. The average molecular weight is 598 g/mol. The van der Waals surface area contributed by atoms with Gasteiger partial charge >= 0.3 is 0 Å². The highest BCUT2D eigenvalue weighted by molar-refractivity contribution is 6.05. The lowest BCUT2D eigenvalue weighted by Gasteiger charge is -2.38. The summed E-state index contributed by atoms with van der Waals surface area (Å²) in [6, 6.07) is 3.97. The van der Waals surface area contributed by atoms with Crippen molar-refractivity contribution in [3.05, 3.63) is 64.9 Å². The molecule has 4 atom stereocenters. The Morgan fingerprint density at radius 3 is 2.67 bits per heavy atom. The molecule has 2 aliphatic heterocycles. The van der Waals surface area contributed by atoms with Gasteiger partial charge in [0.25, 0.3) is 5.91 Å². The van der Waals surface area contributed by atoms with E-state index in [0.29, 0.717) is 62.9 Å². The number of ether oxygens (including phenoxy) is 2. The number of nitrogens with one attached hydrogen (secondary N) is 1. The summed E-state index contributed by atoms with van der Waals surface area (Å²) >= 11 is 0. The molecule has 4 heterocycles. The van der Waals surface area contributed by atoms with Crippen LogP contribution in [0.5, 0.6) is 5.75 Å². The highest BCUT2D eigenvalue weighted by atomic mass is 19.1. The summed E-state index contributed by atoms with van der Waals surface area (Å²) < 4.78 is 56.3. The Kier molecular flexibility index (Phi) is 8.25. The van der Waals surface area contributed by atoms with E-state index >= 15 is 8.78 Å². The molecular weight excluding hydrogens is 563 g/mol.